The summed E-state index contributed by atoms with van der Waals surface area (Å²) in [5.74, 6) is 0.779. The fraction of sp³-hybridized carbons (Fsp3) is 0.684. The molecule has 2 aliphatic rings. The first-order chi connectivity index (χ1) is 11.2. The van der Waals surface area contributed by atoms with Crippen LogP contribution in [0.5, 0.6) is 0 Å². The molecule has 1 saturated carbocycles. The molecular formula is C19H29N3O2. The Labute approximate surface area is 144 Å². The molecule has 0 unspecified atom stereocenters. The highest BCUT2D eigenvalue weighted by Gasteiger charge is 2.68. The minimum absolute atomic E-state index is 0.0378. The molecule has 1 aromatic heterocycles. The lowest BCUT2D eigenvalue weighted by Gasteiger charge is -2.27. The van der Waals surface area contributed by atoms with Crippen molar-refractivity contribution in [2.24, 2.45) is 16.7 Å². The number of anilines is 1. The Bertz CT molecular complexity index is 619. The molecule has 0 bridgehead atoms. The Morgan fingerprint density at radius 2 is 1.92 bits per heavy atom. The van der Waals surface area contributed by atoms with Crippen LogP contribution in [0.3, 0.4) is 0 Å². The van der Waals surface area contributed by atoms with Crippen molar-refractivity contribution < 1.29 is 9.53 Å². The van der Waals surface area contributed by atoms with E-state index in [0.29, 0.717) is 5.82 Å². The number of ether oxygens (including phenoxy) is 1. The summed E-state index contributed by atoms with van der Waals surface area (Å²) in [6, 6.07) is 2.02. The lowest BCUT2D eigenvalue weighted by molar-refractivity contribution is -0.118. The van der Waals surface area contributed by atoms with Crippen LogP contribution in [0.1, 0.15) is 38.8 Å². The minimum atomic E-state index is 0.0378. The van der Waals surface area contributed by atoms with Crippen molar-refractivity contribution in [1.82, 2.24) is 9.88 Å². The summed E-state index contributed by atoms with van der Waals surface area (Å²) in [4.78, 5) is 19.4. The van der Waals surface area contributed by atoms with Gasteiger partial charge in [0.1, 0.15) is 5.82 Å². The maximum absolute atomic E-state index is 12.6. The third-order valence-corrected chi connectivity index (χ3v) is 6.25. The Balaban J connectivity index is 1.68. The molecule has 1 aliphatic heterocycles. The van der Waals surface area contributed by atoms with E-state index < -0.39 is 0 Å². The molecule has 1 N–H and O–H groups in total. The summed E-state index contributed by atoms with van der Waals surface area (Å²) in [7, 11) is 0. The van der Waals surface area contributed by atoms with Crippen LogP contribution in [0.15, 0.2) is 12.3 Å². The number of hydrogen-bond acceptors (Lipinski definition) is 4. The standard InChI is InChI=1S/C19H29N3O2/c1-13-11-20-15(10-14(13)12-22-6-8-24-9-7-22)21-17(23)16-18(2,3)19(16,4)5/h10-11,16H,6-9,12H2,1-5H3,(H,20,21,23). The third-order valence-electron chi connectivity index (χ3n) is 6.25. The van der Waals surface area contributed by atoms with E-state index in [1.165, 1.54) is 5.56 Å². The first-order valence-electron chi connectivity index (χ1n) is 8.80. The molecule has 0 atom stereocenters. The van der Waals surface area contributed by atoms with Crippen molar-refractivity contribution in [2.45, 2.75) is 41.2 Å². The van der Waals surface area contributed by atoms with E-state index in [-0.39, 0.29) is 22.7 Å². The largest absolute Gasteiger partial charge is 0.379 e. The van der Waals surface area contributed by atoms with Crippen LogP contribution in [-0.4, -0.2) is 42.1 Å². The van der Waals surface area contributed by atoms with Gasteiger partial charge in [-0.15, -0.1) is 0 Å². The molecule has 1 aromatic rings. The van der Waals surface area contributed by atoms with Crippen LogP contribution in [-0.2, 0) is 16.1 Å². The monoisotopic (exact) mass is 331 g/mol. The molecule has 0 spiro atoms. The summed E-state index contributed by atoms with van der Waals surface area (Å²) >= 11 is 0. The van der Waals surface area contributed by atoms with Gasteiger partial charge in [-0.2, -0.15) is 0 Å². The number of amides is 1. The van der Waals surface area contributed by atoms with Gasteiger partial charge in [-0.1, -0.05) is 27.7 Å². The highest BCUT2D eigenvalue weighted by molar-refractivity contribution is 5.95. The smallest absolute Gasteiger partial charge is 0.229 e. The molecule has 24 heavy (non-hydrogen) atoms. The quantitative estimate of drug-likeness (QED) is 0.922. The van der Waals surface area contributed by atoms with Gasteiger partial charge in [0.25, 0.3) is 0 Å². The second-order valence-corrected chi connectivity index (χ2v) is 8.25. The summed E-state index contributed by atoms with van der Waals surface area (Å²) in [5.41, 5.74) is 2.46. The second kappa shape index (κ2) is 6.12. The zero-order valence-corrected chi connectivity index (χ0v) is 15.5. The summed E-state index contributed by atoms with van der Waals surface area (Å²) in [6.07, 6.45) is 1.86. The molecule has 2 heterocycles. The van der Waals surface area contributed by atoms with E-state index in [9.17, 15) is 4.79 Å². The third kappa shape index (κ3) is 3.07. The number of nitrogens with zero attached hydrogens (tertiary/aromatic N) is 2. The van der Waals surface area contributed by atoms with E-state index in [1.807, 2.05) is 12.3 Å². The normalized spacial score (nSPS) is 23.0. The topological polar surface area (TPSA) is 54.5 Å². The van der Waals surface area contributed by atoms with Gasteiger partial charge < -0.3 is 10.1 Å². The SMILES string of the molecule is Cc1cnc(NC(=O)C2C(C)(C)C2(C)C)cc1CN1CCOCC1. The number of carbonyl (C=O) groups excluding carboxylic acids is 1. The molecule has 132 valence electrons. The highest BCUT2D eigenvalue weighted by Crippen LogP contribution is 2.68. The zero-order chi connectivity index (χ0) is 17.5. The number of carbonyl (C=O) groups is 1. The van der Waals surface area contributed by atoms with Gasteiger partial charge in [0.05, 0.1) is 13.2 Å². The number of pyridine rings is 1. The van der Waals surface area contributed by atoms with E-state index in [4.69, 9.17) is 4.74 Å². The lowest BCUT2D eigenvalue weighted by Crippen LogP contribution is -2.35. The lowest BCUT2D eigenvalue weighted by atomic mass is 10.0. The number of aromatic nitrogens is 1. The van der Waals surface area contributed by atoms with Crippen LogP contribution in [0.4, 0.5) is 5.82 Å². The van der Waals surface area contributed by atoms with Gasteiger partial charge in [0.15, 0.2) is 0 Å². The zero-order valence-electron chi connectivity index (χ0n) is 15.5. The molecule has 1 amide bonds. The number of hydrogen-bond donors (Lipinski definition) is 1. The Morgan fingerprint density at radius 3 is 2.50 bits per heavy atom. The first-order valence-corrected chi connectivity index (χ1v) is 8.80. The van der Waals surface area contributed by atoms with E-state index in [1.54, 1.807) is 0 Å². The molecular weight excluding hydrogens is 302 g/mol. The van der Waals surface area contributed by atoms with Crippen molar-refractivity contribution in [2.75, 3.05) is 31.6 Å². The molecule has 5 nitrogen and oxygen atoms in total. The minimum Gasteiger partial charge on any atom is -0.379 e. The number of nitrogens with one attached hydrogen (secondary N) is 1. The molecule has 1 aliphatic carbocycles. The number of aryl methyl sites for hydroxylation is 1. The van der Waals surface area contributed by atoms with Crippen LogP contribution < -0.4 is 5.32 Å². The summed E-state index contributed by atoms with van der Waals surface area (Å²) in [6.45, 7) is 15.1. The van der Waals surface area contributed by atoms with Gasteiger partial charge in [0.2, 0.25) is 5.91 Å². The van der Waals surface area contributed by atoms with Crippen LogP contribution in [0, 0.1) is 23.7 Å². The van der Waals surface area contributed by atoms with Gasteiger partial charge in [-0.25, -0.2) is 4.98 Å². The second-order valence-electron chi connectivity index (χ2n) is 8.25. The molecule has 0 radical (unpaired) electrons. The summed E-state index contributed by atoms with van der Waals surface area (Å²) in [5, 5.41) is 3.03. The average Bonchev–Trinajstić information content (AvgIpc) is 2.93. The maximum Gasteiger partial charge on any atom is 0.229 e. The van der Waals surface area contributed by atoms with Crippen LogP contribution >= 0.6 is 0 Å². The molecule has 1 saturated heterocycles. The van der Waals surface area contributed by atoms with Crippen molar-refractivity contribution in [3.05, 3.63) is 23.4 Å². The first kappa shape index (κ1) is 17.4. The summed E-state index contributed by atoms with van der Waals surface area (Å²) < 4.78 is 5.41. The van der Waals surface area contributed by atoms with Gasteiger partial charge in [0, 0.05) is 31.7 Å². The Hall–Kier alpha value is -1.46. The van der Waals surface area contributed by atoms with Crippen molar-refractivity contribution >= 4 is 11.7 Å². The van der Waals surface area contributed by atoms with Crippen LogP contribution in [0.25, 0.3) is 0 Å². The van der Waals surface area contributed by atoms with Gasteiger partial charge in [-0.3, -0.25) is 9.69 Å². The fourth-order valence-corrected chi connectivity index (χ4v) is 3.85. The van der Waals surface area contributed by atoms with E-state index in [0.717, 1.165) is 38.4 Å². The van der Waals surface area contributed by atoms with Crippen molar-refractivity contribution in [3.63, 3.8) is 0 Å². The number of morpholine rings is 1. The maximum atomic E-state index is 12.6. The molecule has 0 aromatic carbocycles. The van der Waals surface area contributed by atoms with Crippen molar-refractivity contribution in [1.29, 1.82) is 0 Å². The van der Waals surface area contributed by atoms with Gasteiger partial charge >= 0.3 is 0 Å². The predicted octanol–water partition coefficient (Wildman–Crippen LogP) is 2.84. The van der Waals surface area contributed by atoms with Gasteiger partial charge in [-0.05, 0) is 34.9 Å². The highest BCUT2D eigenvalue weighted by atomic mass is 16.5. The fourth-order valence-electron chi connectivity index (χ4n) is 3.85. The average molecular weight is 331 g/mol. The Morgan fingerprint density at radius 1 is 1.29 bits per heavy atom. The van der Waals surface area contributed by atoms with Crippen LogP contribution in [0.2, 0.25) is 0 Å². The molecule has 3 rings (SSSR count). The van der Waals surface area contributed by atoms with E-state index >= 15 is 0 Å². The molecule has 2 fully saturated rings. The Kier molecular flexibility index (Phi) is 4.43. The molecule has 5 heteroatoms. The van der Waals surface area contributed by atoms with Crippen molar-refractivity contribution in [3.8, 4) is 0 Å². The number of rotatable bonds is 4. The van der Waals surface area contributed by atoms with E-state index in [2.05, 4.69) is 49.8 Å². The predicted molar refractivity (Wildman–Crippen MR) is 94.8 cm³/mol.